The van der Waals surface area contributed by atoms with Crippen molar-refractivity contribution in [2.24, 2.45) is 4.99 Å². The van der Waals surface area contributed by atoms with Gasteiger partial charge in [-0.15, -0.1) is 35.3 Å². The van der Waals surface area contributed by atoms with Gasteiger partial charge in [-0.1, -0.05) is 12.1 Å². The molecule has 3 rings (SSSR count). The molecule has 0 saturated heterocycles. The highest BCUT2D eigenvalue weighted by molar-refractivity contribution is 14.0. The van der Waals surface area contributed by atoms with Crippen LogP contribution < -0.4 is 10.6 Å². The molecule has 0 unspecified atom stereocenters. The zero-order chi connectivity index (χ0) is 19.1. The minimum Gasteiger partial charge on any atom is -0.356 e. The second kappa shape index (κ2) is 11.2. The first-order valence-electron chi connectivity index (χ1n) is 9.12. The van der Waals surface area contributed by atoms with Gasteiger partial charge in [0.2, 0.25) is 0 Å². The summed E-state index contributed by atoms with van der Waals surface area (Å²) in [6.07, 6.45) is 5.63. The van der Waals surface area contributed by atoms with E-state index in [9.17, 15) is 0 Å². The summed E-state index contributed by atoms with van der Waals surface area (Å²) < 4.78 is 1.86. The van der Waals surface area contributed by atoms with Crippen LogP contribution in [0.3, 0.4) is 0 Å². The Morgan fingerprint density at radius 3 is 2.39 bits per heavy atom. The predicted molar refractivity (Wildman–Crippen MR) is 127 cm³/mol. The molecule has 150 valence electrons. The van der Waals surface area contributed by atoms with Crippen molar-refractivity contribution in [3.63, 3.8) is 0 Å². The highest BCUT2D eigenvalue weighted by atomic mass is 127. The summed E-state index contributed by atoms with van der Waals surface area (Å²) in [4.78, 5) is 10.1. The summed E-state index contributed by atoms with van der Waals surface area (Å²) in [6.45, 7) is 5.81. The van der Waals surface area contributed by atoms with Crippen molar-refractivity contribution >= 4 is 41.3 Å². The molecule has 0 saturated carbocycles. The first-order chi connectivity index (χ1) is 13.2. The second-order valence-corrected chi connectivity index (χ2v) is 7.57. The monoisotopic (exact) mass is 510 g/mol. The molecule has 6 nitrogen and oxygen atoms in total. The SMILES string of the molecule is CN=C(NCCc1ccc(-n2cccn2)cc1)NCCc1sc(C)nc1C.I. The van der Waals surface area contributed by atoms with Crippen molar-refractivity contribution in [2.75, 3.05) is 20.1 Å². The number of hydrogen-bond donors (Lipinski definition) is 2. The lowest BCUT2D eigenvalue weighted by molar-refractivity contribution is 0.785. The summed E-state index contributed by atoms with van der Waals surface area (Å²) in [6, 6.07) is 10.4. The molecule has 2 heterocycles. The van der Waals surface area contributed by atoms with Crippen molar-refractivity contribution in [2.45, 2.75) is 26.7 Å². The van der Waals surface area contributed by atoms with Crippen LogP contribution in [0.15, 0.2) is 47.7 Å². The van der Waals surface area contributed by atoms with Crippen molar-refractivity contribution in [1.82, 2.24) is 25.4 Å². The van der Waals surface area contributed by atoms with Crippen molar-refractivity contribution in [3.8, 4) is 5.69 Å². The minimum absolute atomic E-state index is 0. The van der Waals surface area contributed by atoms with Gasteiger partial charge in [0.1, 0.15) is 0 Å². The molecule has 0 aliphatic heterocycles. The quantitative estimate of drug-likeness (QED) is 0.290. The van der Waals surface area contributed by atoms with Crippen LogP contribution in [0.2, 0.25) is 0 Å². The average Bonchev–Trinajstić information content (AvgIpc) is 3.31. The van der Waals surface area contributed by atoms with Gasteiger partial charge in [-0.25, -0.2) is 9.67 Å². The Balaban J connectivity index is 0.00000280. The van der Waals surface area contributed by atoms with E-state index in [4.69, 9.17) is 0 Å². The molecule has 0 bridgehead atoms. The van der Waals surface area contributed by atoms with Gasteiger partial charge in [0.25, 0.3) is 0 Å². The summed E-state index contributed by atoms with van der Waals surface area (Å²) in [5.41, 5.74) is 3.49. The van der Waals surface area contributed by atoms with E-state index in [2.05, 4.69) is 63.8 Å². The summed E-state index contributed by atoms with van der Waals surface area (Å²) in [5.74, 6) is 0.835. The molecule has 0 aliphatic carbocycles. The number of nitrogens with zero attached hydrogens (tertiary/aromatic N) is 4. The fourth-order valence-electron chi connectivity index (χ4n) is 2.88. The number of guanidine groups is 1. The van der Waals surface area contributed by atoms with Crippen LogP contribution in [-0.4, -0.2) is 40.9 Å². The van der Waals surface area contributed by atoms with Crippen LogP contribution in [-0.2, 0) is 12.8 Å². The summed E-state index contributed by atoms with van der Waals surface area (Å²) >= 11 is 1.77. The smallest absolute Gasteiger partial charge is 0.190 e. The summed E-state index contributed by atoms with van der Waals surface area (Å²) in [5, 5.41) is 12.1. The second-order valence-electron chi connectivity index (χ2n) is 6.28. The third-order valence-electron chi connectivity index (χ3n) is 4.28. The van der Waals surface area contributed by atoms with E-state index in [1.165, 1.54) is 10.4 Å². The lowest BCUT2D eigenvalue weighted by Gasteiger charge is -2.12. The van der Waals surface area contributed by atoms with Crippen LogP contribution in [0.1, 0.15) is 21.1 Å². The number of rotatable bonds is 7. The normalized spacial score (nSPS) is 11.2. The number of aryl methyl sites for hydroxylation is 2. The molecule has 0 aliphatic rings. The number of thiazole rings is 1. The van der Waals surface area contributed by atoms with Gasteiger partial charge in [-0.3, -0.25) is 4.99 Å². The number of aliphatic imine (C=N–C) groups is 1. The maximum absolute atomic E-state index is 4.47. The van der Waals surface area contributed by atoms with E-state index in [0.29, 0.717) is 0 Å². The molecule has 0 radical (unpaired) electrons. The average molecular weight is 510 g/mol. The number of benzene rings is 1. The van der Waals surface area contributed by atoms with E-state index in [1.807, 2.05) is 16.9 Å². The molecule has 2 N–H and O–H groups in total. The van der Waals surface area contributed by atoms with Gasteiger partial charge in [0, 0.05) is 43.8 Å². The molecular weight excluding hydrogens is 483 g/mol. The molecular formula is C20H27IN6S. The van der Waals surface area contributed by atoms with E-state index >= 15 is 0 Å². The lowest BCUT2D eigenvalue weighted by atomic mass is 10.1. The Labute approximate surface area is 187 Å². The van der Waals surface area contributed by atoms with Crippen molar-refractivity contribution in [1.29, 1.82) is 0 Å². The van der Waals surface area contributed by atoms with Crippen LogP contribution >= 0.6 is 35.3 Å². The Hall–Kier alpha value is -1.94. The van der Waals surface area contributed by atoms with Gasteiger partial charge in [-0.05, 0) is 44.0 Å². The molecule has 0 spiro atoms. The Morgan fingerprint density at radius 2 is 1.82 bits per heavy atom. The Bertz CT molecular complexity index is 871. The minimum atomic E-state index is 0. The first kappa shape index (κ1) is 22.4. The van der Waals surface area contributed by atoms with E-state index in [0.717, 1.165) is 48.3 Å². The third kappa shape index (κ3) is 6.30. The lowest BCUT2D eigenvalue weighted by Crippen LogP contribution is -2.39. The number of halogens is 1. The van der Waals surface area contributed by atoms with Crippen molar-refractivity contribution in [3.05, 3.63) is 63.9 Å². The zero-order valence-electron chi connectivity index (χ0n) is 16.5. The van der Waals surface area contributed by atoms with Crippen LogP contribution in [0.4, 0.5) is 0 Å². The highest BCUT2D eigenvalue weighted by Crippen LogP contribution is 2.17. The fourth-order valence-corrected chi connectivity index (χ4v) is 3.82. The van der Waals surface area contributed by atoms with Gasteiger partial charge in [-0.2, -0.15) is 5.10 Å². The largest absolute Gasteiger partial charge is 0.356 e. The number of hydrogen-bond acceptors (Lipinski definition) is 4. The third-order valence-corrected chi connectivity index (χ3v) is 5.41. The molecule has 0 amide bonds. The van der Waals surface area contributed by atoms with Crippen LogP contribution in [0.25, 0.3) is 5.69 Å². The molecule has 0 atom stereocenters. The van der Waals surface area contributed by atoms with E-state index in [1.54, 1.807) is 24.6 Å². The Morgan fingerprint density at radius 1 is 1.11 bits per heavy atom. The van der Waals surface area contributed by atoms with Crippen LogP contribution in [0.5, 0.6) is 0 Å². The highest BCUT2D eigenvalue weighted by Gasteiger charge is 2.05. The Kier molecular flexibility index (Phi) is 8.91. The van der Waals surface area contributed by atoms with Gasteiger partial charge in [0.05, 0.1) is 16.4 Å². The standard InChI is InChI=1S/C20H26N6S.HI/c1-15-19(27-16(2)25-15)10-13-23-20(21-3)22-12-9-17-5-7-18(8-6-17)26-14-4-11-24-26;/h4-8,11,14H,9-10,12-13H2,1-3H3,(H2,21,22,23);1H. The number of nitrogens with one attached hydrogen (secondary N) is 2. The van der Waals surface area contributed by atoms with Gasteiger partial charge >= 0.3 is 0 Å². The maximum atomic E-state index is 4.47. The molecule has 8 heteroatoms. The predicted octanol–water partition coefficient (Wildman–Crippen LogP) is 3.51. The van der Waals surface area contributed by atoms with E-state index in [-0.39, 0.29) is 24.0 Å². The van der Waals surface area contributed by atoms with Gasteiger partial charge in [0.15, 0.2) is 5.96 Å². The number of aromatic nitrogens is 3. The van der Waals surface area contributed by atoms with E-state index < -0.39 is 0 Å². The van der Waals surface area contributed by atoms with Gasteiger partial charge < -0.3 is 10.6 Å². The molecule has 28 heavy (non-hydrogen) atoms. The molecule has 1 aromatic carbocycles. The molecule has 2 aromatic heterocycles. The first-order valence-corrected chi connectivity index (χ1v) is 9.94. The topological polar surface area (TPSA) is 67.1 Å². The van der Waals surface area contributed by atoms with Crippen LogP contribution in [0, 0.1) is 13.8 Å². The zero-order valence-corrected chi connectivity index (χ0v) is 19.6. The summed E-state index contributed by atoms with van der Waals surface area (Å²) in [7, 11) is 1.80. The molecule has 0 fully saturated rings. The van der Waals surface area contributed by atoms with Crippen molar-refractivity contribution < 1.29 is 0 Å². The molecule has 3 aromatic rings. The maximum Gasteiger partial charge on any atom is 0.190 e. The fraction of sp³-hybridized carbons (Fsp3) is 0.350.